The van der Waals surface area contributed by atoms with Gasteiger partial charge in [-0.3, -0.25) is 9.79 Å². The quantitative estimate of drug-likeness (QED) is 0.636. The summed E-state index contributed by atoms with van der Waals surface area (Å²) in [7, 11) is 1.85. The topological polar surface area (TPSA) is 47.9 Å². The summed E-state index contributed by atoms with van der Waals surface area (Å²) in [5.41, 5.74) is 1.97. The fourth-order valence-electron chi connectivity index (χ4n) is 3.72. The molecule has 5 nitrogen and oxygen atoms in total. The largest absolute Gasteiger partial charge is 0.352 e. The van der Waals surface area contributed by atoms with Gasteiger partial charge >= 0.3 is 0 Å². The van der Waals surface area contributed by atoms with Gasteiger partial charge in [-0.25, -0.2) is 0 Å². The van der Waals surface area contributed by atoms with Crippen LogP contribution in [0.1, 0.15) is 48.5 Å². The summed E-state index contributed by atoms with van der Waals surface area (Å²) in [6.07, 6.45) is 4.69. The molecule has 1 unspecified atom stereocenters. The van der Waals surface area contributed by atoms with Crippen LogP contribution in [0.4, 0.5) is 0 Å². The Hall–Kier alpha value is -1.69. The maximum absolute atomic E-state index is 12.6. The van der Waals surface area contributed by atoms with E-state index in [1.54, 1.807) is 0 Å². The maximum atomic E-state index is 12.6. The van der Waals surface area contributed by atoms with E-state index in [0.717, 1.165) is 62.8 Å². The van der Waals surface area contributed by atoms with Gasteiger partial charge in [-0.2, -0.15) is 11.8 Å². The van der Waals surface area contributed by atoms with Gasteiger partial charge < -0.3 is 15.1 Å². The second kappa shape index (κ2) is 10.0. The molecule has 2 saturated heterocycles. The van der Waals surface area contributed by atoms with Crippen LogP contribution in [0.5, 0.6) is 0 Å². The first-order chi connectivity index (χ1) is 13.2. The van der Waals surface area contributed by atoms with Gasteiger partial charge in [0.1, 0.15) is 0 Å². The van der Waals surface area contributed by atoms with Gasteiger partial charge in [0.05, 0.1) is 0 Å². The smallest absolute Gasteiger partial charge is 0.253 e. The van der Waals surface area contributed by atoms with E-state index >= 15 is 0 Å². The molecule has 6 heteroatoms. The molecule has 1 N–H and O–H groups in total. The van der Waals surface area contributed by atoms with Crippen molar-refractivity contribution < 1.29 is 4.79 Å². The number of hydrogen-bond acceptors (Lipinski definition) is 3. The third-order valence-corrected chi connectivity index (χ3v) is 6.77. The zero-order valence-corrected chi connectivity index (χ0v) is 17.4. The molecule has 0 aliphatic carbocycles. The molecule has 3 rings (SSSR count). The number of amides is 1. The average molecular weight is 389 g/mol. The van der Waals surface area contributed by atoms with Gasteiger partial charge in [0.2, 0.25) is 0 Å². The Labute approximate surface area is 167 Å². The normalized spacial score (nSPS) is 21.3. The van der Waals surface area contributed by atoms with E-state index < -0.39 is 0 Å². The number of carbonyl (C=O) groups is 1. The molecular weight excluding hydrogens is 356 g/mol. The number of thioether (sulfide) groups is 1. The van der Waals surface area contributed by atoms with Crippen molar-refractivity contribution in [3.05, 3.63) is 35.4 Å². The first kappa shape index (κ1) is 20.1. The zero-order valence-electron chi connectivity index (χ0n) is 16.6. The van der Waals surface area contributed by atoms with E-state index in [1.165, 1.54) is 18.4 Å². The van der Waals surface area contributed by atoms with Crippen LogP contribution in [0, 0.1) is 0 Å². The van der Waals surface area contributed by atoms with Crippen LogP contribution in [0.2, 0.25) is 0 Å². The molecule has 2 fully saturated rings. The number of guanidine groups is 1. The molecule has 1 amide bonds. The van der Waals surface area contributed by atoms with Crippen molar-refractivity contribution in [3.63, 3.8) is 0 Å². The molecule has 0 saturated carbocycles. The van der Waals surface area contributed by atoms with Crippen molar-refractivity contribution in [1.82, 2.24) is 15.1 Å². The highest BCUT2D eigenvalue weighted by atomic mass is 32.2. The number of benzene rings is 1. The van der Waals surface area contributed by atoms with Crippen molar-refractivity contribution in [2.24, 2.45) is 4.99 Å². The fourth-order valence-corrected chi connectivity index (χ4v) is 4.90. The molecule has 0 spiro atoms. The standard InChI is InChI=1S/C21H32N4OS/c1-3-19-16-25(13-14-27-19)21(22-2)23-15-17-7-9-18(10-8-17)20(26)24-11-5-4-6-12-24/h7-10,19H,3-6,11-16H2,1-2H3,(H,22,23). The predicted molar refractivity (Wildman–Crippen MR) is 115 cm³/mol. The van der Waals surface area contributed by atoms with Crippen LogP contribution in [-0.2, 0) is 6.54 Å². The van der Waals surface area contributed by atoms with Gasteiger partial charge in [0.15, 0.2) is 5.96 Å². The van der Waals surface area contributed by atoms with E-state index in [-0.39, 0.29) is 5.91 Å². The summed E-state index contributed by atoms with van der Waals surface area (Å²) in [5, 5.41) is 4.18. The molecular formula is C21H32N4OS. The molecule has 2 heterocycles. The van der Waals surface area contributed by atoms with Crippen molar-refractivity contribution in [3.8, 4) is 0 Å². The molecule has 1 aromatic carbocycles. The summed E-state index contributed by atoms with van der Waals surface area (Å²) in [6.45, 7) is 6.88. The number of hydrogen-bond donors (Lipinski definition) is 1. The third kappa shape index (κ3) is 5.41. The van der Waals surface area contributed by atoms with E-state index in [0.29, 0.717) is 5.25 Å². The molecule has 0 radical (unpaired) electrons. The lowest BCUT2D eigenvalue weighted by molar-refractivity contribution is 0.0724. The minimum atomic E-state index is 0.168. The lowest BCUT2D eigenvalue weighted by Gasteiger charge is -2.34. The van der Waals surface area contributed by atoms with Crippen LogP contribution < -0.4 is 5.32 Å². The molecule has 0 bridgehead atoms. The van der Waals surface area contributed by atoms with Crippen LogP contribution >= 0.6 is 11.8 Å². The van der Waals surface area contributed by atoms with Gasteiger partial charge in [-0.15, -0.1) is 0 Å². The van der Waals surface area contributed by atoms with Crippen LogP contribution in [0.15, 0.2) is 29.3 Å². The Bertz CT molecular complexity index is 640. The Morgan fingerprint density at radius 2 is 1.89 bits per heavy atom. The third-order valence-electron chi connectivity index (χ3n) is 5.40. The summed E-state index contributed by atoms with van der Waals surface area (Å²) in [4.78, 5) is 21.4. The molecule has 0 aromatic heterocycles. The van der Waals surface area contributed by atoms with Crippen molar-refractivity contribution >= 4 is 23.6 Å². The first-order valence-electron chi connectivity index (χ1n) is 10.2. The van der Waals surface area contributed by atoms with Gasteiger partial charge in [0, 0.05) is 56.3 Å². The number of rotatable bonds is 4. The van der Waals surface area contributed by atoms with Gasteiger partial charge in [-0.1, -0.05) is 19.1 Å². The number of aliphatic imine (C=N–C) groups is 1. The molecule has 27 heavy (non-hydrogen) atoms. The number of carbonyl (C=O) groups excluding carboxylic acids is 1. The SMILES string of the molecule is CCC1CN(C(=NC)NCc2ccc(C(=O)N3CCCCC3)cc2)CCS1. The predicted octanol–water partition coefficient (Wildman–Crippen LogP) is 3.22. The zero-order chi connectivity index (χ0) is 19.1. The maximum Gasteiger partial charge on any atom is 0.253 e. The Morgan fingerprint density at radius 1 is 1.15 bits per heavy atom. The Balaban J connectivity index is 1.53. The molecule has 2 aliphatic heterocycles. The highest BCUT2D eigenvalue weighted by Gasteiger charge is 2.21. The van der Waals surface area contributed by atoms with Crippen molar-refractivity contribution in [2.75, 3.05) is 39.0 Å². The average Bonchev–Trinajstić information content (AvgIpc) is 2.75. The van der Waals surface area contributed by atoms with Crippen molar-refractivity contribution in [2.45, 2.75) is 44.4 Å². The summed E-state index contributed by atoms with van der Waals surface area (Å²) in [5.74, 6) is 2.30. The molecule has 148 valence electrons. The number of nitrogens with one attached hydrogen (secondary N) is 1. The minimum Gasteiger partial charge on any atom is -0.352 e. The first-order valence-corrected chi connectivity index (χ1v) is 11.2. The van der Waals surface area contributed by atoms with Gasteiger partial charge in [0.25, 0.3) is 5.91 Å². The fraction of sp³-hybridized carbons (Fsp3) is 0.619. The number of likely N-dealkylation sites (tertiary alicyclic amines) is 1. The van der Waals surface area contributed by atoms with Crippen LogP contribution in [0.3, 0.4) is 0 Å². The monoisotopic (exact) mass is 388 g/mol. The van der Waals surface area contributed by atoms with E-state index in [4.69, 9.17) is 0 Å². The highest BCUT2D eigenvalue weighted by molar-refractivity contribution is 8.00. The minimum absolute atomic E-state index is 0.168. The lowest BCUT2D eigenvalue weighted by atomic mass is 10.1. The second-order valence-corrected chi connectivity index (χ2v) is 8.71. The van der Waals surface area contributed by atoms with E-state index in [1.807, 2.05) is 24.1 Å². The summed E-state index contributed by atoms with van der Waals surface area (Å²) < 4.78 is 0. The molecule has 1 atom stereocenters. The summed E-state index contributed by atoms with van der Waals surface area (Å²) >= 11 is 2.06. The van der Waals surface area contributed by atoms with E-state index in [9.17, 15) is 4.79 Å². The Morgan fingerprint density at radius 3 is 2.56 bits per heavy atom. The molecule has 1 aromatic rings. The highest BCUT2D eigenvalue weighted by Crippen LogP contribution is 2.21. The summed E-state index contributed by atoms with van der Waals surface area (Å²) in [6, 6.07) is 8.03. The lowest BCUT2D eigenvalue weighted by Crippen LogP contribution is -2.47. The molecule has 2 aliphatic rings. The number of nitrogens with zero attached hydrogens (tertiary/aromatic N) is 3. The van der Waals surface area contributed by atoms with Gasteiger partial charge in [-0.05, 0) is 43.4 Å². The van der Waals surface area contributed by atoms with Crippen molar-refractivity contribution in [1.29, 1.82) is 0 Å². The Kier molecular flexibility index (Phi) is 7.44. The van der Waals surface area contributed by atoms with E-state index in [2.05, 4.69) is 46.0 Å². The van der Waals surface area contributed by atoms with Crippen LogP contribution in [0.25, 0.3) is 0 Å². The number of piperidine rings is 1. The second-order valence-electron chi connectivity index (χ2n) is 7.30. The van der Waals surface area contributed by atoms with Crippen LogP contribution in [-0.4, -0.2) is 65.9 Å².